The third-order valence-corrected chi connectivity index (χ3v) is 3.75. The first-order valence-electron chi connectivity index (χ1n) is 6.89. The van der Waals surface area contributed by atoms with Crippen LogP contribution in [0.15, 0.2) is 24.3 Å². The predicted octanol–water partition coefficient (Wildman–Crippen LogP) is 3.10. The Bertz CT molecular complexity index is 436. The van der Waals surface area contributed by atoms with Crippen LogP contribution in [0.2, 0.25) is 0 Å². The number of anilines is 1. The van der Waals surface area contributed by atoms with E-state index in [1.54, 1.807) is 0 Å². The zero-order valence-electron chi connectivity index (χ0n) is 12.5. The van der Waals surface area contributed by atoms with Crippen molar-refractivity contribution >= 4 is 5.69 Å². The van der Waals surface area contributed by atoms with Gasteiger partial charge in [0.2, 0.25) is 0 Å². The van der Waals surface area contributed by atoms with Crippen LogP contribution in [0.1, 0.15) is 31.7 Å². The lowest BCUT2D eigenvalue weighted by Gasteiger charge is -2.23. The van der Waals surface area contributed by atoms with E-state index >= 15 is 0 Å². The van der Waals surface area contributed by atoms with Crippen LogP contribution in [-0.2, 0) is 0 Å². The summed E-state index contributed by atoms with van der Waals surface area (Å²) in [6.45, 7) is 5.12. The van der Waals surface area contributed by atoms with Crippen LogP contribution in [-0.4, -0.2) is 26.2 Å². The van der Waals surface area contributed by atoms with Gasteiger partial charge in [0.05, 0.1) is 6.07 Å². The zero-order chi connectivity index (χ0) is 14.3. The minimum absolute atomic E-state index is 0.388. The summed E-state index contributed by atoms with van der Waals surface area (Å²) in [5, 5.41) is 12.2. The standard InChI is InChI=1S/C16H25N3/c1-14-9-5-6-10-15(14)19(4)12-8-7-11-16(2,13-17)18-3/h5-6,9-10,18H,7-8,11-12H2,1-4H3. The fourth-order valence-corrected chi connectivity index (χ4v) is 2.18. The van der Waals surface area contributed by atoms with E-state index in [2.05, 4.69) is 54.5 Å². The Balaban J connectivity index is 2.38. The predicted molar refractivity (Wildman–Crippen MR) is 81.4 cm³/mol. The second-order valence-corrected chi connectivity index (χ2v) is 5.36. The first-order valence-corrected chi connectivity index (χ1v) is 6.89. The molecule has 3 nitrogen and oxygen atoms in total. The van der Waals surface area contributed by atoms with Gasteiger partial charge in [0, 0.05) is 19.3 Å². The third kappa shape index (κ3) is 4.57. The maximum Gasteiger partial charge on any atom is 0.103 e. The fourth-order valence-electron chi connectivity index (χ4n) is 2.18. The molecule has 0 bridgehead atoms. The van der Waals surface area contributed by atoms with Gasteiger partial charge in [-0.1, -0.05) is 18.2 Å². The largest absolute Gasteiger partial charge is 0.374 e. The fraction of sp³-hybridized carbons (Fsp3) is 0.562. The maximum absolute atomic E-state index is 9.09. The molecule has 104 valence electrons. The summed E-state index contributed by atoms with van der Waals surface area (Å²) in [6.07, 6.45) is 3.05. The number of hydrogen-bond acceptors (Lipinski definition) is 3. The van der Waals surface area contributed by atoms with Gasteiger partial charge in [-0.25, -0.2) is 0 Å². The molecule has 0 heterocycles. The lowest BCUT2D eigenvalue weighted by atomic mass is 9.97. The molecule has 0 fully saturated rings. The van der Waals surface area contributed by atoms with Gasteiger partial charge in [-0.15, -0.1) is 0 Å². The molecule has 0 saturated heterocycles. The summed E-state index contributed by atoms with van der Waals surface area (Å²) in [4.78, 5) is 2.29. The SMILES string of the molecule is CNC(C)(C#N)CCCCN(C)c1ccccc1C. The number of nitrogens with zero attached hydrogens (tertiary/aromatic N) is 2. The number of nitriles is 1. The van der Waals surface area contributed by atoms with E-state index in [-0.39, 0.29) is 5.54 Å². The molecule has 19 heavy (non-hydrogen) atoms. The van der Waals surface area contributed by atoms with Gasteiger partial charge in [0.25, 0.3) is 0 Å². The van der Waals surface area contributed by atoms with Gasteiger partial charge >= 0.3 is 0 Å². The molecular formula is C16H25N3. The molecule has 1 rings (SSSR count). The molecule has 3 heteroatoms. The highest BCUT2D eigenvalue weighted by molar-refractivity contribution is 5.52. The van der Waals surface area contributed by atoms with Crippen LogP contribution in [0.4, 0.5) is 5.69 Å². The van der Waals surface area contributed by atoms with Gasteiger partial charge < -0.3 is 10.2 Å². The van der Waals surface area contributed by atoms with Gasteiger partial charge in [-0.3, -0.25) is 0 Å². The van der Waals surface area contributed by atoms with Crippen molar-refractivity contribution in [1.82, 2.24) is 5.32 Å². The van der Waals surface area contributed by atoms with Crippen molar-refractivity contribution in [2.75, 3.05) is 25.5 Å². The summed E-state index contributed by atoms with van der Waals surface area (Å²) in [6, 6.07) is 10.8. The molecule has 0 amide bonds. The second-order valence-electron chi connectivity index (χ2n) is 5.36. The lowest BCUT2D eigenvalue weighted by molar-refractivity contribution is 0.434. The quantitative estimate of drug-likeness (QED) is 0.765. The summed E-state index contributed by atoms with van der Waals surface area (Å²) >= 11 is 0. The van der Waals surface area contributed by atoms with Crippen molar-refractivity contribution in [2.24, 2.45) is 0 Å². The minimum atomic E-state index is -0.388. The number of aryl methyl sites for hydroxylation is 1. The second kappa shape index (κ2) is 7.16. The molecule has 0 aliphatic carbocycles. The molecule has 0 radical (unpaired) electrons. The number of para-hydroxylation sites is 1. The van der Waals surface area contributed by atoms with E-state index in [1.807, 2.05) is 14.0 Å². The van der Waals surface area contributed by atoms with Gasteiger partial charge in [0.15, 0.2) is 0 Å². The Morgan fingerprint density at radius 3 is 2.58 bits per heavy atom. The first kappa shape index (κ1) is 15.5. The van der Waals surface area contributed by atoms with E-state index in [0.717, 1.165) is 25.8 Å². The van der Waals surface area contributed by atoms with Crippen molar-refractivity contribution < 1.29 is 0 Å². The average molecular weight is 259 g/mol. The van der Waals surface area contributed by atoms with E-state index in [0.29, 0.717) is 0 Å². The molecule has 1 aromatic carbocycles. The Hall–Kier alpha value is -1.53. The molecule has 1 aromatic rings. The molecular weight excluding hydrogens is 234 g/mol. The topological polar surface area (TPSA) is 39.1 Å². The summed E-state index contributed by atoms with van der Waals surface area (Å²) in [5.41, 5.74) is 2.21. The maximum atomic E-state index is 9.09. The molecule has 0 aromatic heterocycles. The first-order chi connectivity index (χ1) is 9.02. The number of rotatable bonds is 7. The van der Waals surface area contributed by atoms with Crippen LogP contribution in [0, 0.1) is 18.3 Å². The van der Waals surface area contributed by atoms with Crippen molar-refractivity contribution in [2.45, 2.75) is 38.6 Å². The van der Waals surface area contributed by atoms with Crippen molar-refractivity contribution in [1.29, 1.82) is 5.26 Å². The minimum Gasteiger partial charge on any atom is -0.374 e. The zero-order valence-corrected chi connectivity index (χ0v) is 12.5. The Kier molecular flexibility index (Phi) is 5.85. The number of benzene rings is 1. The number of hydrogen-bond donors (Lipinski definition) is 1. The van der Waals surface area contributed by atoms with Crippen molar-refractivity contribution in [3.63, 3.8) is 0 Å². The summed E-state index contributed by atoms with van der Waals surface area (Å²) in [5.74, 6) is 0. The molecule has 1 N–H and O–H groups in total. The Morgan fingerprint density at radius 2 is 2.00 bits per heavy atom. The molecule has 0 aliphatic heterocycles. The highest BCUT2D eigenvalue weighted by Gasteiger charge is 2.19. The van der Waals surface area contributed by atoms with Gasteiger partial charge in [0.1, 0.15) is 5.54 Å². The third-order valence-electron chi connectivity index (χ3n) is 3.75. The number of unbranched alkanes of at least 4 members (excludes halogenated alkanes) is 1. The lowest BCUT2D eigenvalue weighted by Crippen LogP contribution is -2.38. The van der Waals surface area contributed by atoms with E-state index < -0.39 is 0 Å². The van der Waals surface area contributed by atoms with E-state index in [4.69, 9.17) is 5.26 Å². The van der Waals surface area contributed by atoms with Crippen molar-refractivity contribution in [3.8, 4) is 6.07 Å². The number of nitrogens with one attached hydrogen (secondary N) is 1. The van der Waals surface area contributed by atoms with Crippen LogP contribution in [0.3, 0.4) is 0 Å². The summed E-state index contributed by atoms with van der Waals surface area (Å²) < 4.78 is 0. The normalized spacial score (nSPS) is 13.6. The monoisotopic (exact) mass is 259 g/mol. The summed E-state index contributed by atoms with van der Waals surface area (Å²) in [7, 11) is 3.98. The molecule has 1 atom stereocenters. The van der Waals surface area contributed by atoms with E-state index in [9.17, 15) is 0 Å². The average Bonchev–Trinajstić information content (AvgIpc) is 2.43. The smallest absolute Gasteiger partial charge is 0.103 e. The van der Waals surface area contributed by atoms with E-state index in [1.165, 1.54) is 11.3 Å². The molecule has 0 saturated carbocycles. The highest BCUT2D eigenvalue weighted by atomic mass is 15.1. The Morgan fingerprint density at radius 1 is 1.32 bits per heavy atom. The van der Waals surface area contributed by atoms with Crippen LogP contribution in [0.5, 0.6) is 0 Å². The Labute approximate surface area is 117 Å². The molecule has 1 unspecified atom stereocenters. The van der Waals surface area contributed by atoms with Crippen molar-refractivity contribution in [3.05, 3.63) is 29.8 Å². The van der Waals surface area contributed by atoms with Crippen LogP contribution >= 0.6 is 0 Å². The van der Waals surface area contributed by atoms with Crippen LogP contribution < -0.4 is 10.2 Å². The van der Waals surface area contributed by atoms with Crippen LogP contribution in [0.25, 0.3) is 0 Å². The van der Waals surface area contributed by atoms with Gasteiger partial charge in [-0.2, -0.15) is 5.26 Å². The van der Waals surface area contributed by atoms with Gasteiger partial charge in [-0.05, 0) is 51.8 Å². The molecule has 0 aliphatic rings. The molecule has 0 spiro atoms. The highest BCUT2D eigenvalue weighted by Crippen LogP contribution is 2.19.